The summed E-state index contributed by atoms with van der Waals surface area (Å²) in [5, 5.41) is 4.52. The van der Waals surface area contributed by atoms with E-state index in [-0.39, 0.29) is 0 Å². The third kappa shape index (κ3) is 3.35. The van der Waals surface area contributed by atoms with E-state index in [4.69, 9.17) is 31.0 Å². The molecule has 4 nitrogen and oxygen atoms in total. The van der Waals surface area contributed by atoms with Crippen molar-refractivity contribution in [1.29, 1.82) is 0 Å². The normalized spacial score (nSPS) is 11.5. The van der Waals surface area contributed by atoms with Gasteiger partial charge in [0.1, 0.15) is 5.58 Å². The molecule has 2 aromatic heterocycles. The van der Waals surface area contributed by atoms with Crippen LogP contribution in [-0.4, -0.2) is 15.0 Å². The molecule has 2 heterocycles. The van der Waals surface area contributed by atoms with Crippen molar-refractivity contribution in [2.24, 2.45) is 0 Å². The molecule has 0 aliphatic heterocycles. The van der Waals surface area contributed by atoms with Crippen LogP contribution in [0.5, 0.6) is 0 Å². The molecular weight excluding hydrogens is 466 g/mol. The maximum absolute atomic E-state index is 6.49. The summed E-state index contributed by atoms with van der Waals surface area (Å²) in [5.74, 6) is 1.87. The van der Waals surface area contributed by atoms with Crippen LogP contribution in [0.15, 0.2) is 114 Å². The topological polar surface area (TPSA) is 51.8 Å². The Morgan fingerprint density at radius 3 is 1.67 bits per heavy atom. The number of fused-ring (bicyclic) bond motifs is 5. The van der Waals surface area contributed by atoms with E-state index in [2.05, 4.69) is 18.2 Å². The molecule has 0 atom stereocenters. The second kappa shape index (κ2) is 8.29. The van der Waals surface area contributed by atoms with Crippen LogP contribution in [0, 0.1) is 0 Å². The molecule has 0 bridgehead atoms. The van der Waals surface area contributed by atoms with E-state index in [0.717, 1.165) is 43.8 Å². The van der Waals surface area contributed by atoms with Crippen molar-refractivity contribution in [3.05, 3.63) is 114 Å². The molecule has 0 saturated carbocycles. The standard InChI is InChI=1S/C31H18ClN3O/c32-26-17-9-16-23-24-18-25(21-14-7-8-15-22(21)27(24)36-28(23)26)31-34-29(19-10-3-1-4-11-19)33-30(35-31)20-12-5-2-6-13-20/h1-18H. The molecule has 0 fully saturated rings. The lowest BCUT2D eigenvalue weighted by Crippen LogP contribution is -2.00. The summed E-state index contributed by atoms with van der Waals surface area (Å²) in [7, 11) is 0. The second-order valence-electron chi connectivity index (χ2n) is 8.60. The molecule has 0 N–H and O–H groups in total. The highest BCUT2D eigenvalue weighted by molar-refractivity contribution is 6.36. The van der Waals surface area contributed by atoms with Gasteiger partial charge in [0.15, 0.2) is 23.1 Å². The lowest BCUT2D eigenvalue weighted by atomic mass is 9.99. The predicted molar refractivity (Wildman–Crippen MR) is 146 cm³/mol. The average Bonchev–Trinajstić information content (AvgIpc) is 3.34. The molecule has 0 radical (unpaired) electrons. The van der Waals surface area contributed by atoms with Crippen LogP contribution in [0.1, 0.15) is 0 Å². The van der Waals surface area contributed by atoms with Gasteiger partial charge in [0.2, 0.25) is 0 Å². The highest BCUT2D eigenvalue weighted by Gasteiger charge is 2.19. The lowest BCUT2D eigenvalue weighted by Gasteiger charge is -2.11. The van der Waals surface area contributed by atoms with Gasteiger partial charge in [0.05, 0.1) is 5.02 Å². The molecule has 0 saturated heterocycles. The van der Waals surface area contributed by atoms with Gasteiger partial charge < -0.3 is 4.42 Å². The zero-order valence-electron chi connectivity index (χ0n) is 19.0. The number of rotatable bonds is 3. The summed E-state index contributed by atoms with van der Waals surface area (Å²) < 4.78 is 6.29. The first-order valence-corrected chi connectivity index (χ1v) is 12.0. The molecule has 36 heavy (non-hydrogen) atoms. The van der Waals surface area contributed by atoms with Crippen molar-refractivity contribution in [3.63, 3.8) is 0 Å². The Morgan fingerprint density at radius 1 is 0.472 bits per heavy atom. The molecular formula is C31H18ClN3O. The van der Waals surface area contributed by atoms with Gasteiger partial charge in [-0.25, -0.2) is 15.0 Å². The summed E-state index contributed by atoms with van der Waals surface area (Å²) in [4.78, 5) is 14.8. The third-order valence-corrected chi connectivity index (χ3v) is 6.69. The highest BCUT2D eigenvalue weighted by Crippen LogP contribution is 2.41. The minimum atomic E-state index is 0.590. The van der Waals surface area contributed by atoms with Gasteiger partial charge in [-0.2, -0.15) is 0 Å². The fourth-order valence-corrected chi connectivity index (χ4v) is 4.91. The number of halogens is 1. The van der Waals surface area contributed by atoms with Crippen molar-refractivity contribution in [2.45, 2.75) is 0 Å². The Hall–Kier alpha value is -4.54. The van der Waals surface area contributed by atoms with Gasteiger partial charge >= 0.3 is 0 Å². The third-order valence-electron chi connectivity index (χ3n) is 6.40. The van der Waals surface area contributed by atoms with Crippen molar-refractivity contribution >= 4 is 44.3 Å². The number of nitrogens with zero attached hydrogens (tertiary/aromatic N) is 3. The predicted octanol–water partition coefficient (Wildman–Crippen LogP) is 8.58. The van der Waals surface area contributed by atoms with Crippen LogP contribution in [0.25, 0.3) is 66.9 Å². The Morgan fingerprint density at radius 2 is 1.00 bits per heavy atom. The van der Waals surface area contributed by atoms with E-state index >= 15 is 0 Å². The number of aromatic nitrogens is 3. The lowest BCUT2D eigenvalue weighted by molar-refractivity contribution is 0.673. The maximum atomic E-state index is 6.49. The van der Waals surface area contributed by atoms with E-state index in [0.29, 0.717) is 28.1 Å². The summed E-state index contributed by atoms with van der Waals surface area (Å²) in [6.45, 7) is 0. The second-order valence-corrected chi connectivity index (χ2v) is 9.01. The van der Waals surface area contributed by atoms with Crippen molar-refractivity contribution in [1.82, 2.24) is 15.0 Å². The summed E-state index contributed by atoms with van der Waals surface area (Å²) in [5.41, 5.74) is 4.27. The number of hydrogen-bond acceptors (Lipinski definition) is 4. The first-order valence-electron chi connectivity index (χ1n) is 11.7. The van der Waals surface area contributed by atoms with Gasteiger partial charge in [-0.15, -0.1) is 0 Å². The van der Waals surface area contributed by atoms with E-state index < -0.39 is 0 Å². The number of hydrogen-bond donors (Lipinski definition) is 0. The summed E-state index contributed by atoms with van der Waals surface area (Å²) in [6, 6.07) is 36.1. The molecule has 0 unspecified atom stereocenters. The maximum Gasteiger partial charge on any atom is 0.164 e. The number of furan rings is 1. The molecule has 5 aromatic carbocycles. The van der Waals surface area contributed by atoms with Crippen LogP contribution in [0.2, 0.25) is 5.02 Å². The minimum Gasteiger partial charge on any atom is -0.454 e. The van der Waals surface area contributed by atoms with Crippen molar-refractivity contribution < 1.29 is 4.42 Å². The first-order chi connectivity index (χ1) is 17.8. The average molecular weight is 484 g/mol. The van der Waals surface area contributed by atoms with Crippen LogP contribution in [0.3, 0.4) is 0 Å². The Balaban J connectivity index is 1.58. The van der Waals surface area contributed by atoms with Gasteiger partial charge in [0.25, 0.3) is 0 Å². The number of para-hydroxylation sites is 1. The van der Waals surface area contributed by atoms with E-state index in [1.54, 1.807) is 0 Å². The summed E-state index contributed by atoms with van der Waals surface area (Å²) >= 11 is 6.49. The molecule has 5 heteroatoms. The summed E-state index contributed by atoms with van der Waals surface area (Å²) in [6.07, 6.45) is 0. The van der Waals surface area contributed by atoms with E-state index in [9.17, 15) is 0 Å². The van der Waals surface area contributed by atoms with Gasteiger partial charge in [0, 0.05) is 32.8 Å². The molecule has 7 aromatic rings. The Kier molecular flexibility index (Phi) is 4.79. The number of benzene rings is 5. The fraction of sp³-hybridized carbons (Fsp3) is 0. The fourth-order valence-electron chi connectivity index (χ4n) is 4.70. The molecule has 0 aliphatic carbocycles. The molecule has 170 valence electrons. The molecule has 0 spiro atoms. The Bertz CT molecular complexity index is 1840. The van der Waals surface area contributed by atoms with Gasteiger partial charge in [-0.1, -0.05) is 109 Å². The molecule has 0 amide bonds. The largest absolute Gasteiger partial charge is 0.454 e. The zero-order chi connectivity index (χ0) is 24.1. The van der Waals surface area contributed by atoms with E-state index in [1.165, 1.54) is 0 Å². The monoisotopic (exact) mass is 483 g/mol. The van der Waals surface area contributed by atoms with E-state index in [1.807, 2.05) is 91.0 Å². The first kappa shape index (κ1) is 20.8. The van der Waals surface area contributed by atoms with Crippen LogP contribution >= 0.6 is 11.6 Å². The van der Waals surface area contributed by atoms with Crippen LogP contribution in [-0.2, 0) is 0 Å². The van der Waals surface area contributed by atoms with Crippen LogP contribution < -0.4 is 0 Å². The quantitative estimate of drug-likeness (QED) is 0.252. The Labute approximate surface area is 211 Å². The van der Waals surface area contributed by atoms with Gasteiger partial charge in [-0.05, 0) is 17.5 Å². The SMILES string of the molecule is Clc1cccc2c1oc1c3ccccc3c(-c3nc(-c4ccccc4)nc(-c4ccccc4)n3)cc21. The van der Waals surface area contributed by atoms with Crippen LogP contribution in [0.4, 0.5) is 0 Å². The molecule has 7 rings (SSSR count). The molecule has 0 aliphatic rings. The van der Waals surface area contributed by atoms with Crippen molar-refractivity contribution in [2.75, 3.05) is 0 Å². The van der Waals surface area contributed by atoms with Crippen molar-refractivity contribution in [3.8, 4) is 34.2 Å². The van der Waals surface area contributed by atoms with Gasteiger partial charge in [-0.3, -0.25) is 0 Å². The highest BCUT2D eigenvalue weighted by atomic mass is 35.5. The smallest absolute Gasteiger partial charge is 0.164 e. The minimum absolute atomic E-state index is 0.590. The zero-order valence-corrected chi connectivity index (χ0v) is 19.8.